The standard InChI is InChI=1S/C11H14N2OS/c1-3-4-5-6-7-12-11(14)10-9(2)13-8-15-10/h1,8H,4-7H2,2H3,(H,12,14). The molecule has 80 valence electrons. The van der Waals surface area contributed by atoms with Gasteiger partial charge in [-0.15, -0.1) is 23.7 Å². The number of unbranched alkanes of at least 4 members (excludes halogenated alkanes) is 2. The van der Waals surface area contributed by atoms with Gasteiger partial charge in [-0.2, -0.15) is 0 Å². The van der Waals surface area contributed by atoms with Crippen LogP contribution in [0.4, 0.5) is 0 Å². The summed E-state index contributed by atoms with van der Waals surface area (Å²) in [6, 6.07) is 0. The van der Waals surface area contributed by atoms with Crippen molar-refractivity contribution in [1.82, 2.24) is 10.3 Å². The quantitative estimate of drug-likeness (QED) is 0.611. The Morgan fingerprint density at radius 1 is 1.67 bits per heavy atom. The van der Waals surface area contributed by atoms with Crippen molar-refractivity contribution in [2.45, 2.75) is 26.2 Å². The van der Waals surface area contributed by atoms with E-state index in [0.29, 0.717) is 11.4 Å². The van der Waals surface area contributed by atoms with Crippen molar-refractivity contribution >= 4 is 17.2 Å². The molecule has 3 nitrogen and oxygen atoms in total. The maximum Gasteiger partial charge on any atom is 0.263 e. The van der Waals surface area contributed by atoms with Crippen molar-refractivity contribution in [2.24, 2.45) is 0 Å². The van der Waals surface area contributed by atoms with Crippen LogP contribution in [0.5, 0.6) is 0 Å². The number of carbonyl (C=O) groups is 1. The molecule has 0 aliphatic heterocycles. The number of nitrogens with zero attached hydrogens (tertiary/aromatic N) is 1. The van der Waals surface area contributed by atoms with Crippen LogP contribution in [-0.2, 0) is 0 Å². The minimum atomic E-state index is -0.0318. The van der Waals surface area contributed by atoms with Crippen LogP contribution in [0.15, 0.2) is 5.51 Å². The number of terminal acetylenes is 1. The molecule has 0 atom stereocenters. The van der Waals surface area contributed by atoms with E-state index in [9.17, 15) is 4.79 Å². The molecule has 15 heavy (non-hydrogen) atoms. The maximum absolute atomic E-state index is 11.6. The van der Waals surface area contributed by atoms with Gasteiger partial charge < -0.3 is 5.32 Å². The summed E-state index contributed by atoms with van der Waals surface area (Å²) in [6.07, 6.45) is 7.78. The Labute approximate surface area is 93.9 Å². The number of hydrogen-bond acceptors (Lipinski definition) is 3. The van der Waals surface area contributed by atoms with Gasteiger partial charge in [0, 0.05) is 13.0 Å². The lowest BCUT2D eigenvalue weighted by Crippen LogP contribution is -2.24. The highest BCUT2D eigenvalue weighted by molar-refractivity contribution is 7.11. The van der Waals surface area contributed by atoms with Crippen LogP contribution in [0, 0.1) is 19.3 Å². The Morgan fingerprint density at radius 3 is 3.07 bits per heavy atom. The van der Waals surface area contributed by atoms with E-state index in [4.69, 9.17) is 6.42 Å². The van der Waals surface area contributed by atoms with Crippen molar-refractivity contribution in [3.05, 3.63) is 16.1 Å². The Bertz CT molecular complexity index is 365. The molecule has 0 fully saturated rings. The Balaban J connectivity index is 2.26. The van der Waals surface area contributed by atoms with Crippen molar-refractivity contribution in [3.8, 4) is 12.3 Å². The third-order valence-electron chi connectivity index (χ3n) is 1.99. The van der Waals surface area contributed by atoms with Crippen molar-refractivity contribution < 1.29 is 4.79 Å². The van der Waals surface area contributed by atoms with E-state index >= 15 is 0 Å². The predicted molar refractivity (Wildman–Crippen MR) is 61.9 cm³/mol. The average Bonchev–Trinajstić information content (AvgIpc) is 2.64. The molecule has 1 rings (SSSR count). The van der Waals surface area contributed by atoms with E-state index in [1.807, 2.05) is 6.92 Å². The highest BCUT2D eigenvalue weighted by Crippen LogP contribution is 2.11. The van der Waals surface area contributed by atoms with Crippen LogP contribution in [0.2, 0.25) is 0 Å². The molecule has 4 heteroatoms. The van der Waals surface area contributed by atoms with Gasteiger partial charge in [-0.25, -0.2) is 4.98 Å². The zero-order chi connectivity index (χ0) is 11.1. The van der Waals surface area contributed by atoms with E-state index in [0.717, 1.165) is 25.0 Å². The first-order valence-electron chi connectivity index (χ1n) is 4.87. The molecule has 0 spiro atoms. The number of thiazole rings is 1. The minimum absolute atomic E-state index is 0.0318. The molecule has 0 aliphatic rings. The fourth-order valence-corrected chi connectivity index (χ4v) is 1.87. The minimum Gasteiger partial charge on any atom is -0.351 e. The molecule has 0 aromatic carbocycles. The molecule has 1 aromatic heterocycles. The molecule has 1 N–H and O–H groups in total. The lowest BCUT2D eigenvalue weighted by atomic mass is 10.2. The van der Waals surface area contributed by atoms with Crippen LogP contribution in [0.1, 0.15) is 34.6 Å². The number of rotatable bonds is 5. The zero-order valence-electron chi connectivity index (χ0n) is 8.75. The third-order valence-corrected chi connectivity index (χ3v) is 2.91. The largest absolute Gasteiger partial charge is 0.351 e. The fourth-order valence-electron chi connectivity index (χ4n) is 1.15. The zero-order valence-corrected chi connectivity index (χ0v) is 9.56. The highest BCUT2D eigenvalue weighted by Gasteiger charge is 2.09. The van der Waals surface area contributed by atoms with E-state index in [2.05, 4.69) is 16.2 Å². The lowest BCUT2D eigenvalue weighted by Gasteiger charge is -2.02. The first kappa shape index (κ1) is 11.7. The molecule has 1 amide bonds. The molecule has 0 saturated heterocycles. The average molecular weight is 222 g/mol. The first-order chi connectivity index (χ1) is 7.25. The van der Waals surface area contributed by atoms with Gasteiger partial charge in [0.25, 0.3) is 5.91 Å². The van der Waals surface area contributed by atoms with Gasteiger partial charge in [0.15, 0.2) is 0 Å². The number of nitrogens with one attached hydrogen (secondary N) is 1. The highest BCUT2D eigenvalue weighted by atomic mass is 32.1. The van der Waals surface area contributed by atoms with Gasteiger partial charge >= 0.3 is 0 Å². The van der Waals surface area contributed by atoms with Crippen LogP contribution in [-0.4, -0.2) is 17.4 Å². The van der Waals surface area contributed by atoms with Crippen molar-refractivity contribution in [1.29, 1.82) is 0 Å². The monoisotopic (exact) mass is 222 g/mol. The summed E-state index contributed by atoms with van der Waals surface area (Å²) in [7, 11) is 0. The van der Waals surface area contributed by atoms with Gasteiger partial charge in [-0.05, 0) is 19.8 Å². The molecule has 1 aromatic rings. The van der Waals surface area contributed by atoms with E-state index in [1.54, 1.807) is 5.51 Å². The number of aromatic nitrogens is 1. The number of aryl methyl sites for hydroxylation is 1. The maximum atomic E-state index is 11.6. The van der Waals surface area contributed by atoms with E-state index in [-0.39, 0.29) is 5.91 Å². The van der Waals surface area contributed by atoms with Crippen molar-refractivity contribution in [2.75, 3.05) is 6.54 Å². The Kier molecular flexibility index (Phi) is 4.85. The summed E-state index contributed by atoms with van der Waals surface area (Å²) >= 11 is 1.37. The molecular weight excluding hydrogens is 208 g/mol. The number of carbonyl (C=O) groups excluding carboxylic acids is 1. The second kappa shape index (κ2) is 6.20. The van der Waals surface area contributed by atoms with Crippen LogP contribution >= 0.6 is 11.3 Å². The molecule has 0 unspecified atom stereocenters. The molecule has 1 heterocycles. The summed E-state index contributed by atoms with van der Waals surface area (Å²) < 4.78 is 0. The Hall–Kier alpha value is -1.34. The number of hydrogen-bond donors (Lipinski definition) is 1. The molecule has 0 radical (unpaired) electrons. The van der Waals surface area contributed by atoms with Crippen molar-refractivity contribution in [3.63, 3.8) is 0 Å². The molecular formula is C11H14N2OS. The second-order valence-corrected chi connectivity index (χ2v) is 4.04. The fraction of sp³-hybridized carbons (Fsp3) is 0.455. The normalized spacial score (nSPS) is 9.60. The smallest absolute Gasteiger partial charge is 0.263 e. The topological polar surface area (TPSA) is 42.0 Å². The van der Waals surface area contributed by atoms with Gasteiger partial charge in [0.1, 0.15) is 4.88 Å². The van der Waals surface area contributed by atoms with Crippen LogP contribution < -0.4 is 5.32 Å². The van der Waals surface area contributed by atoms with Gasteiger partial charge in [0.2, 0.25) is 0 Å². The van der Waals surface area contributed by atoms with Crippen LogP contribution in [0.3, 0.4) is 0 Å². The summed E-state index contributed by atoms with van der Waals surface area (Å²) in [5.74, 6) is 2.54. The van der Waals surface area contributed by atoms with Gasteiger partial charge in [-0.3, -0.25) is 4.79 Å². The predicted octanol–water partition coefficient (Wildman–Crippen LogP) is 1.98. The van der Waals surface area contributed by atoms with E-state index in [1.165, 1.54) is 11.3 Å². The molecule has 0 bridgehead atoms. The first-order valence-corrected chi connectivity index (χ1v) is 5.75. The number of amides is 1. The molecule has 0 saturated carbocycles. The second-order valence-electron chi connectivity index (χ2n) is 3.18. The van der Waals surface area contributed by atoms with E-state index < -0.39 is 0 Å². The van der Waals surface area contributed by atoms with Gasteiger partial charge in [0.05, 0.1) is 11.2 Å². The third kappa shape index (κ3) is 3.72. The van der Waals surface area contributed by atoms with Gasteiger partial charge in [-0.1, -0.05) is 0 Å². The summed E-state index contributed by atoms with van der Waals surface area (Å²) in [4.78, 5) is 16.3. The summed E-state index contributed by atoms with van der Waals surface area (Å²) in [6.45, 7) is 2.52. The lowest BCUT2D eigenvalue weighted by molar-refractivity contribution is 0.0956. The Morgan fingerprint density at radius 2 is 2.47 bits per heavy atom. The molecule has 0 aliphatic carbocycles. The summed E-state index contributed by atoms with van der Waals surface area (Å²) in [5, 5.41) is 2.85. The summed E-state index contributed by atoms with van der Waals surface area (Å²) in [5.41, 5.74) is 2.48. The van der Waals surface area contributed by atoms with Crippen LogP contribution in [0.25, 0.3) is 0 Å². The SMILES string of the molecule is C#CCCCCNC(=O)c1scnc1C.